The van der Waals surface area contributed by atoms with Crippen molar-refractivity contribution in [2.75, 3.05) is 7.05 Å². The van der Waals surface area contributed by atoms with Crippen LogP contribution in [0.5, 0.6) is 0 Å². The van der Waals surface area contributed by atoms with Crippen LogP contribution >= 0.6 is 15.9 Å². The van der Waals surface area contributed by atoms with E-state index in [1.807, 2.05) is 36.4 Å². The summed E-state index contributed by atoms with van der Waals surface area (Å²) in [7, 11) is -2.00. The number of rotatable bonds is 6. The third-order valence-corrected chi connectivity index (χ3v) is 5.84. The molecule has 0 amide bonds. The number of hydrogen-bond donors (Lipinski definition) is 0. The van der Waals surface area contributed by atoms with Gasteiger partial charge in [0.1, 0.15) is 0 Å². The second-order valence-electron chi connectivity index (χ2n) is 5.52. The molecule has 0 unspecified atom stereocenters. The number of aromatic nitrogens is 2. The Labute approximate surface area is 154 Å². The fraction of sp³-hybridized carbons (Fsp3) is 0.176. The number of nitrogens with zero attached hydrogens (tertiary/aromatic N) is 3. The summed E-state index contributed by atoms with van der Waals surface area (Å²) in [4.78, 5) is 4.26. The van der Waals surface area contributed by atoms with Gasteiger partial charge in [-0.05, 0) is 17.7 Å². The summed E-state index contributed by atoms with van der Waals surface area (Å²) in [6.45, 7) is 0.0240. The molecule has 0 spiro atoms. The van der Waals surface area contributed by atoms with Crippen molar-refractivity contribution in [3.8, 4) is 11.4 Å². The van der Waals surface area contributed by atoms with Gasteiger partial charge in [-0.1, -0.05) is 63.6 Å². The lowest BCUT2D eigenvalue weighted by Crippen LogP contribution is -2.27. The Balaban J connectivity index is 1.71. The zero-order valence-corrected chi connectivity index (χ0v) is 15.9. The quantitative estimate of drug-likeness (QED) is 0.608. The Morgan fingerprint density at radius 2 is 1.88 bits per heavy atom. The van der Waals surface area contributed by atoms with Gasteiger partial charge in [-0.25, -0.2) is 8.42 Å². The van der Waals surface area contributed by atoms with Crippen LogP contribution in [0.1, 0.15) is 11.5 Å². The van der Waals surface area contributed by atoms with E-state index >= 15 is 0 Å². The molecule has 0 aliphatic heterocycles. The molecule has 0 saturated heterocycles. The highest BCUT2D eigenvalue weighted by Gasteiger charge is 2.21. The lowest BCUT2D eigenvalue weighted by Gasteiger charge is -2.15. The summed E-state index contributed by atoms with van der Waals surface area (Å²) in [6.07, 6.45) is 0. The molecular formula is C17H16BrN3O3S. The summed E-state index contributed by atoms with van der Waals surface area (Å²) in [5.41, 5.74) is 1.52. The topological polar surface area (TPSA) is 76.3 Å². The van der Waals surface area contributed by atoms with Crippen LogP contribution < -0.4 is 0 Å². The van der Waals surface area contributed by atoms with Crippen LogP contribution in [0.3, 0.4) is 0 Å². The van der Waals surface area contributed by atoms with E-state index in [1.165, 1.54) is 11.4 Å². The van der Waals surface area contributed by atoms with E-state index < -0.39 is 10.0 Å². The Bertz CT molecular complexity index is 958. The summed E-state index contributed by atoms with van der Waals surface area (Å²) in [5, 5.41) is 3.90. The maximum atomic E-state index is 12.5. The zero-order valence-electron chi connectivity index (χ0n) is 13.5. The molecule has 130 valence electrons. The largest absolute Gasteiger partial charge is 0.338 e. The predicted octanol–water partition coefficient (Wildman–Crippen LogP) is 3.46. The molecule has 0 saturated carbocycles. The van der Waals surface area contributed by atoms with Gasteiger partial charge in [-0.3, -0.25) is 0 Å². The molecular weight excluding hydrogens is 406 g/mol. The Hall–Kier alpha value is -2.03. The van der Waals surface area contributed by atoms with Crippen LogP contribution in [-0.4, -0.2) is 29.9 Å². The maximum Gasteiger partial charge on any atom is 0.242 e. The summed E-state index contributed by atoms with van der Waals surface area (Å²) in [5.74, 6) is 0.593. The molecule has 0 bridgehead atoms. The Morgan fingerprint density at radius 1 is 1.12 bits per heavy atom. The van der Waals surface area contributed by atoms with Gasteiger partial charge in [0.05, 0.1) is 12.3 Å². The SMILES string of the molecule is CN(Cc1nc(-c2ccccc2)no1)S(=O)(=O)Cc1cccc(Br)c1. The van der Waals surface area contributed by atoms with Crippen LogP contribution in [0.2, 0.25) is 0 Å². The average molecular weight is 422 g/mol. The molecule has 0 radical (unpaired) electrons. The zero-order chi connectivity index (χ0) is 17.9. The summed E-state index contributed by atoms with van der Waals surface area (Å²) in [6, 6.07) is 16.6. The minimum absolute atomic E-state index is 0.0240. The fourth-order valence-electron chi connectivity index (χ4n) is 2.26. The molecule has 0 atom stereocenters. The van der Waals surface area contributed by atoms with Crippen molar-refractivity contribution in [2.45, 2.75) is 12.3 Å². The second-order valence-corrected chi connectivity index (χ2v) is 8.51. The summed E-state index contributed by atoms with van der Waals surface area (Å²) >= 11 is 3.34. The van der Waals surface area contributed by atoms with E-state index in [1.54, 1.807) is 18.2 Å². The Morgan fingerprint density at radius 3 is 2.60 bits per heavy atom. The maximum absolute atomic E-state index is 12.5. The molecule has 0 fully saturated rings. The van der Waals surface area contributed by atoms with Crippen molar-refractivity contribution >= 4 is 26.0 Å². The van der Waals surface area contributed by atoms with Crippen molar-refractivity contribution in [3.63, 3.8) is 0 Å². The van der Waals surface area contributed by atoms with Gasteiger partial charge in [-0.15, -0.1) is 0 Å². The molecule has 8 heteroatoms. The van der Waals surface area contributed by atoms with Crippen LogP contribution in [0.15, 0.2) is 63.6 Å². The van der Waals surface area contributed by atoms with Gasteiger partial charge in [0, 0.05) is 17.1 Å². The van der Waals surface area contributed by atoms with Crippen molar-refractivity contribution < 1.29 is 12.9 Å². The molecule has 1 aromatic heterocycles. The predicted molar refractivity (Wildman–Crippen MR) is 98.0 cm³/mol. The van der Waals surface area contributed by atoms with Crippen LogP contribution in [-0.2, 0) is 22.3 Å². The van der Waals surface area contributed by atoms with Crippen LogP contribution in [0.25, 0.3) is 11.4 Å². The van der Waals surface area contributed by atoms with E-state index in [4.69, 9.17) is 4.52 Å². The summed E-state index contributed by atoms with van der Waals surface area (Å²) < 4.78 is 32.3. The van der Waals surface area contributed by atoms with E-state index in [0.717, 1.165) is 10.0 Å². The van der Waals surface area contributed by atoms with E-state index in [0.29, 0.717) is 11.4 Å². The lowest BCUT2D eigenvalue weighted by atomic mass is 10.2. The standard InChI is InChI=1S/C17H16BrN3O3S/c1-21(25(22,23)12-13-6-5-9-15(18)10-13)11-16-19-17(20-24-16)14-7-3-2-4-8-14/h2-10H,11-12H2,1H3. The van der Waals surface area contributed by atoms with Gasteiger partial charge >= 0.3 is 0 Å². The first-order chi connectivity index (χ1) is 11.9. The molecule has 6 nitrogen and oxygen atoms in total. The molecule has 0 N–H and O–H groups in total. The fourth-order valence-corrected chi connectivity index (χ4v) is 3.83. The minimum Gasteiger partial charge on any atom is -0.338 e. The third-order valence-electron chi connectivity index (χ3n) is 3.57. The first kappa shape index (κ1) is 17.8. The van der Waals surface area contributed by atoms with Gasteiger partial charge in [0.15, 0.2) is 0 Å². The lowest BCUT2D eigenvalue weighted by molar-refractivity contribution is 0.336. The van der Waals surface area contributed by atoms with E-state index in [2.05, 4.69) is 26.1 Å². The normalized spacial score (nSPS) is 11.8. The number of benzene rings is 2. The van der Waals surface area contributed by atoms with E-state index in [-0.39, 0.29) is 18.2 Å². The van der Waals surface area contributed by atoms with Crippen molar-refractivity contribution in [1.29, 1.82) is 0 Å². The van der Waals surface area contributed by atoms with Crippen LogP contribution in [0.4, 0.5) is 0 Å². The van der Waals surface area contributed by atoms with Crippen molar-refractivity contribution in [1.82, 2.24) is 14.4 Å². The van der Waals surface area contributed by atoms with E-state index in [9.17, 15) is 8.42 Å². The second kappa shape index (κ2) is 7.47. The molecule has 3 rings (SSSR count). The smallest absolute Gasteiger partial charge is 0.242 e. The first-order valence-corrected chi connectivity index (χ1v) is 9.91. The number of sulfonamides is 1. The number of halogens is 1. The number of hydrogen-bond acceptors (Lipinski definition) is 5. The van der Waals surface area contributed by atoms with Gasteiger partial charge in [-0.2, -0.15) is 9.29 Å². The van der Waals surface area contributed by atoms with Gasteiger partial charge < -0.3 is 4.52 Å². The highest BCUT2D eigenvalue weighted by atomic mass is 79.9. The highest BCUT2D eigenvalue weighted by molar-refractivity contribution is 9.10. The molecule has 0 aliphatic rings. The Kier molecular flexibility index (Phi) is 5.31. The van der Waals surface area contributed by atoms with Crippen molar-refractivity contribution in [2.24, 2.45) is 0 Å². The molecule has 25 heavy (non-hydrogen) atoms. The van der Waals surface area contributed by atoms with Gasteiger partial charge in [0.2, 0.25) is 21.7 Å². The minimum atomic E-state index is -3.50. The van der Waals surface area contributed by atoms with Gasteiger partial charge in [0.25, 0.3) is 0 Å². The highest BCUT2D eigenvalue weighted by Crippen LogP contribution is 2.18. The van der Waals surface area contributed by atoms with Crippen molar-refractivity contribution in [3.05, 3.63) is 70.5 Å². The molecule has 1 heterocycles. The average Bonchev–Trinajstić information content (AvgIpc) is 3.04. The molecule has 3 aromatic rings. The molecule has 0 aliphatic carbocycles. The monoisotopic (exact) mass is 421 g/mol. The molecule has 2 aromatic carbocycles. The van der Waals surface area contributed by atoms with Crippen LogP contribution in [0, 0.1) is 0 Å². The third kappa shape index (κ3) is 4.53. The first-order valence-electron chi connectivity index (χ1n) is 7.50.